The summed E-state index contributed by atoms with van der Waals surface area (Å²) >= 11 is 0. The Labute approximate surface area is 393 Å². The van der Waals surface area contributed by atoms with Crippen LogP contribution >= 0.6 is 0 Å². The van der Waals surface area contributed by atoms with E-state index in [1.165, 1.54) is 72.3 Å². The predicted molar refractivity (Wildman–Crippen MR) is 251 cm³/mol. The van der Waals surface area contributed by atoms with E-state index in [1.54, 1.807) is 44.7 Å². The lowest BCUT2D eigenvalue weighted by Crippen LogP contribution is -2.46. The molecule has 0 saturated carbocycles. The number of benzene rings is 3. The van der Waals surface area contributed by atoms with Crippen LogP contribution in [0.5, 0.6) is 23.0 Å². The summed E-state index contributed by atoms with van der Waals surface area (Å²) in [5, 5.41) is 48.2. The largest absolute Gasteiger partial charge is 0.507 e. The molecule has 6 rings (SSSR count). The number of allylic oxidation sites excluding steroid dienone is 2. The highest BCUT2D eigenvalue weighted by Gasteiger charge is 2.50. The van der Waals surface area contributed by atoms with Crippen molar-refractivity contribution in [3.05, 3.63) is 69.6 Å². The van der Waals surface area contributed by atoms with Gasteiger partial charge in [0.05, 0.1) is 42.1 Å². The van der Waals surface area contributed by atoms with Crippen molar-refractivity contribution in [1.82, 2.24) is 9.88 Å². The molecule has 0 radical (unpaired) electrons. The lowest BCUT2D eigenvalue weighted by atomic mass is 9.78. The second-order valence-electron chi connectivity index (χ2n) is 18.2. The minimum absolute atomic E-state index is 0.00789. The van der Waals surface area contributed by atoms with Crippen molar-refractivity contribution < 1.29 is 67.7 Å². The monoisotopic (exact) mass is 943 g/mol. The van der Waals surface area contributed by atoms with Crippen LogP contribution in [0.3, 0.4) is 0 Å². The van der Waals surface area contributed by atoms with Crippen molar-refractivity contribution in [2.24, 2.45) is 23.7 Å². The van der Waals surface area contributed by atoms with Gasteiger partial charge in [-0.05, 0) is 33.8 Å². The molecular weight excluding hydrogens is 883 g/mol. The number of anilines is 1. The molecule has 0 spiro atoms. The summed E-state index contributed by atoms with van der Waals surface area (Å²) in [4.78, 5) is 74.5. The molecule has 18 nitrogen and oxygen atoms in total. The number of aliphatic hydroxyl groups excluding tert-OH is 2. The lowest BCUT2D eigenvalue weighted by Gasteiger charge is -2.38. The smallest absolute Gasteiger partial charge is 0.312 e. The van der Waals surface area contributed by atoms with E-state index in [4.69, 9.17) is 33.1 Å². The van der Waals surface area contributed by atoms with E-state index in [1.807, 2.05) is 13.8 Å². The summed E-state index contributed by atoms with van der Waals surface area (Å²) in [5.41, 5.74) is -1.95. The van der Waals surface area contributed by atoms with Gasteiger partial charge in [0.25, 0.3) is 11.7 Å². The number of carbonyl (C=O) groups excluding carboxylic acids is 4. The summed E-state index contributed by atoms with van der Waals surface area (Å²) in [6, 6.07) is 2.59. The van der Waals surface area contributed by atoms with E-state index in [0.29, 0.717) is 0 Å². The number of aromatic hydroxyl groups is 2. The second kappa shape index (κ2) is 20.0. The highest BCUT2D eigenvalue weighted by Crippen LogP contribution is 2.51. The first-order valence-electron chi connectivity index (χ1n) is 22.5. The molecule has 0 unspecified atom stereocenters. The Morgan fingerprint density at radius 3 is 2.29 bits per heavy atom. The van der Waals surface area contributed by atoms with Crippen molar-refractivity contribution in [3.63, 3.8) is 0 Å². The van der Waals surface area contributed by atoms with E-state index in [9.17, 15) is 44.4 Å². The number of phenols is 2. The number of ether oxygens (including phenoxy) is 5. The Hall–Kier alpha value is -6.50. The number of ketones is 1. The molecule has 2 aromatic carbocycles. The molecular formula is C50H61N3O15. The van der Waals surface area contributed by atoms with Crippen LogP contribution in [0.2, 0.25) is 0 Å². The van der Waals surface area contributed by atoms with Crippen molar-refractivity contribution >= 4 is 51.1 Å². The number of nitrogens with zero attached hydrogens (tertiary/aromatic N) is 2. The second-order valence-corrected chi connectivity index (χ2v) is 18.2. The normalized spacial score (nSPS) is 27.7. The van der Waals surface area contributed by atoms with Gasteiger partial charge < -0.3 is 58.7 Å². The summed E-state index contributed by atoms with van der Waals surface area (Å²) in [7, 11) is 1.42. The number of fused-ring (bicyclic) bond motifs is 2. The van der Waals surface area contributed by atoms with Gasteiger partial charge in [-0.2, -0.15) is 0 Å². The summed E-state index contributed by atoms with van der Waals surface area (Å²) < 4.78 is 36.1. The third-order valence-electron chi connectivity index (χ3n) is 13.0. The molecule has 0 aromatic heterocycles. The molecule has 9 atom stereocenters. The van der Waals surface area contributed by atoms with Gasteiger partial charge in [-0.3, -0.25) is 24.0 Å². The van der Waals surface area contributed by atoms with Crippen LogP contribution < -0.4 is 20.2 Å². The molecule has 68 heavy (non-hydrogen) atoms. The zero-order valence-corrected chi connectivity index (χ0v) is 40.3. The van der Waals surface area contributed by atoms with Crippen LogP contribution in [-0.2, 0) is 28.6 Å². The number of methoxy groups -OCH3 is 1. The van der Waals surface area contributed by atoms with E-state index in [2.05, 4.69) is 5.32 Å². The molecule has 2 aromatic rings. The van der Waals surface area contributed by atoms with Crippen LogP contribution in [0.1, 0.15) is 85.2 Å². The molecule has 4 bridgehead atoms. The predicted octanol–water partition coefficient (Wildman–Crippen LogP) is 6.29. The first-order chi connectivity index (χ1) is 31.9. The van der Waals surface area contributed by atoms with Gasteiger partial charge in [-0.1, -0.05) is 45.9 Å². The number of amides is 2. The zero-order valence-electron chi connectivity index (χ0n) is 40.3. The minimum Gasteiger partial charge on any atom is -0.507 e. The van der Waals surface area contributed by atoms with Gasteiger partial charge in [-0.25, -0.2) is 4.98 Å². The number of Topliss-reactive ketones (excluding diaryl/α,β-unsaturated/α-hetero) is 1. The van der Waals surface area contributed by atoms with E-state index in [-0.39, 0.29) is 81.2 Å². The topological polar surface area (TPSA) is 254 Å². The Kier molecular flexibility index (Phi) is 15.0. The number of aliphatic hydroxyl groups is 2. The number of rotatable bonds is 7. The molecule has 5 N–H and O–H groups in total. The van der Waals surface area contributed by atoms with Crippen LogP contribution in [0, 0.1) is 30.6 Å². The number of nitrogens with one attached hydrogen (secondary N) is 1. The average Bonchev–Trinajstić information content (AvgIpc) is 3.55. The number of aromatic nitrogens is 1. The van der Waals surface area contributed by atoms with Crippen LogP contribution in [0.4, 0.5) is 5.69 Å². The van der Waals surface area contributed by atoms with Crippen LogP contribution in [0.15, 0.2) is 57.5 Å². The highest BCUT2D eigenvalue weighted by atomic mass is 16.7. The average molecular weight is 944 g/mol. The van der Waals surface area contributed by atoms with Gasteiger partial charge in [-0.15, -0.1) is 0 Å². The fourth-order valence-corrected chi connectivity index (χ4v) is 8.99. The van der Waals surface area contributed by atoms with Crippen molar-refractivity contribution in [2.75, 3.05) is 25.6 Å². The number of esters is 1. The molecule has 18 heteroatoms. The lowest BCUT2D eigenvalue weighted by molar-refractivity contribution is -0.160. The van der Waals surface area contributed by atoms with E-state index in [0.717, 1.165) is 0 Å². The van der Waals surface area contributed by atoms with Gasteiger partial charge in [0, 0.05) is 86.2 Å². The first-order valence-corrected chi connectivity index (χ1v) is 22.5. The number of hydrogen-bond acceptors (Lipinski definition) is 16. The SMILES string of the molecule is CO[C@H]1/C=C/O[C@@]2(C)Oc3c(C)c(O)c4c(=O)c(c5oc6cc(OCCN(C(C)=O)C(C)C)cc(O)c6nc-5c4c3C2=O)NC(=O)/C(C)=C\C=C\[C@H](C)[C@H](O)[C@@H](C)[C@@H](O)[C@@H](C)[C@H](OC(C)=O)[C@@H]1C. The maximum atomic E-state index is 14.8. The Morgan fingerprint density at radius 1 is 0.971 bits per heavy atom. The minimum atomic E-state index is -2.12. The van der Waals surface area contributed by atoms with Crippen LogP contribution in [0.25, 0.3) is 33.3 Å². The van der Waals surface area contributed by atoms with Crippen LogP contribution in [-0.4, -0.2) is 110 Å². The zero-order chi connectivity index (χ0) is 50.3. The Bertz CT molecular complexity index is 2760. The third kappa shape index (κ3) is 9.62. The molecule has 0 fully saturated rings. The summed E-state index contributed by atoms with van der Waals surface area (Å²) in [6.07, 6.45) is 3.25. The summed E-state index contributed by atoms with van der Waals surface area (Å²) in [5.74, 6) is -8.43. The van der Waals surface area contributed by atoms with Gasteiger partial charge in [0.2, 0.25) is 11.3 Å². The highest BCUT2D eigenvalue weighted by molar-refractivity contribution is 6.22. The van der Waals surface area contributed by atoms with Gasteiger partial charge in [0.1, 0.15) is 52.6 Å². The summed E-state index contributed by atoms with van der Waals surface area (Å²) in [6.45, 7) is 17.8. The van der Waals surface area contributed by atoms with Crippen molar-refractivity contribution in [2.45, 2.75) is 112 Å². The maximum absolute atomic E-state index is 14.8. The molecule has 1 aliphatic carbocycles. The Morgan fingerprint density at radius 2 is 1.66 bits per heavy atom. The number of phenolic OH excluding ortho intramolecular Hbond substituents is 2. The molecule has 2 amide bonds. The molecule has 0 saturated heterocycles. The van der Waals surface area contributed by atoms with E-state index >= 15 is 0 Å². The molecule has 366 valence electrons. The molecule has 4 aliphatic rings. The quantitative estimate of drug-likeness (QED) is 0.0775. The van der Waals surface area contributed by atoms with Gasteiger partial charge >= 0.3 is 11.8 Å². The first kappa shape index (κ1) is 50.9. The van der Waals surface area contributed by atoms with Crippen molar-refractivity contribution in [1.29, 1.82) is 0 Å². The van der Waals surface area contributed by atoms with Crippen molar-refractivity contribution in [3.8, 4) is 34.5 Å². The third-order valence-corrected chi connectivity index (χ3v) is 13.0. The maximum Gasteiger partial charge on any atom is 0.312 e. The Balaban J connectivity index is 1.57. The van der Waals surface area contributed by atoms with E-state index < -0.39 is 99.5 Å². The van der Waals surface area contributed by atoms with Gasteiger partial charge in [0.15, 0.2) is 11.3 Å². The fourth-order valence-electron chi connectivity index (χ4n) is 8.99. The molecule has 3 aliphatic heterocycles. The number of carbonyl (C=O) groups is 4. The fraction of sp³-hybridized carbons (Fsp3) is 0.480. The molecule has 3 heterocycles. The standard InChI is InChI=1S/C50H61N3O15/c1-22(2)53(29(9)54)17-19-64-31-20-32(56)38-34(21-31)67-47-39(51-38)35-36-43(59)28(8)46-37(35)48(61)50(11,68-46)65-18-16-33(63-12)25(5)45(66-30(10)55)27(7)42(58)26(6)41(57)23(3)14-13-15-24(4)49(62)52-40(47)44(36)60/h13-16,18,20-23,25-27,33,41-42,45,56-59H,17,19H2,1-12H3,(H,52,62)/b14-13+,18-16+,24-15-/t23-,25+,26+,27+,33-,41-,42+,45+,50-/m0/s1. The number of hydrogen-bond donors (Lipinski definition) is 5.